The van der Waals surface area contributed by atoms with Gasteiger partial charge in [-0.2, -0.15) is 0 Å². The van der Waals surface area contributed by atoms with Crippen molar-refractivity contribution < 1.29 is 13.6 Å². The summed E-state index contributed by atoms with van der Waals surface area (Å²) in [5.74, 6) is 1.63. The van der Waals surface area contributed by atoms with Gasteiger partial charge in [0, 0.05) is 18.1 Å². The monoisotopic (exact) mass is 412 g/mol. The first-order valence-corrected chi connectivity index (χ1v) is 10.3. The van der Waals surface area contributed by atoms with E-state index in [4.69, 9.17) is 8.83 Å². The minimum atomic E-state index is -0.0863. The fourth-order valence-corrected chi connectivity index (χ4v) is 4.24. The van der Waals surface area contributed by atoms with Crippen molar-refractivity contribution in [3.05, 3.63) is 59.5 Å². The fourth-order valence-electron chi connectivity index (χ4n) is 2.59. The highest BCUT2D eigenvalue weighted by atomic mass is 32.2. The normalized spacial score (nSPS) is 10.9. The van der Waals surface area contributed by atoms with Crippen molar-refractivity contribution in [3.63, 3.8) is 0 Å². The number of furan rings is 1. The Kier molecular flexibility index (Phi) is 5.27. The molecular formula is C19H16N4O3S2. The molecule has 0 spiro atoms. The zero-order chi connectivity index (χ0) is 19.5. The number of aromatic nitrogens is 3. The van der Waals surface area contributed by atoms with Crippen LogP contribution in [0.4, 0.5) is 10.8 Å². The van der Waals surface area contributed by atoms with Crippen LogP contribution in [0.5, 0.6) is 0 Å². The van der Waals surface area contributed by atoms with Crippen molar-refractivity contribution in [2.45, 2.75) is 24.8 Å². The molecule has 28 heavy (non-hydrogen) atoms. The van der Waals surface area contributed by atoms with E-state index >= 15 is 0 Å². The zero-order valence-electron chi connectivity index (χ0n) is 15.2. The van der Waals surface area contributed by atoms with Crippen LogP contribution in [0.25, 0.3) is 11.5 Å². The van der Waals surface area contributed by atoms with Crippen molar-refractivity contribution >= 4 is 39.8 Å². The lowest BCUT2D eigenvalue weighted by molar-refractivity contribution is -0.115. The quantitative estimate of drug-likeness (QED) is 0.409. The topological polar surface area (TPSA) is 85.3 Å². The second-order valence-electron chi connectivity index (χ2n) is 5.86. The predicted molar refractivity (Wildman–Crippen MR) is 108 cm³/mol. The molecule has 0 N–H and O–H groups in total. The maximum atomic E-state index is 12.1. The van der Waals surface area contributed by atoms with E-state index in [9.17, 15) is 4.79 Å². The van der Waals surface area contributed by atoms with Gasteiger partial charge in [-0.15, -0.1) is 21.5 Å². The summed E-state index contributed by atoms with van der Waals surface area (Å²) < 4.78 is 10.9. The van der Waals surface area contributed by atoms with E-state index in [0.29, 0.717) is 22.0 Å². The summed E-state index contributed by atoms with van der Waals surface area (Å²) in [6, 6.07) is 11.3. The van der Waals surface area contributed by atoms with E-state index in [-0.39, 0.29) is 5.91 Å². The number of rotatable bonds is 6. The van der Waals surface area contributed by atoms with Crippen LogP contribution in [0, 0.1) is 6.92 Å². The largest absolute Gasteiger partial charge is 0.469 e. The van der Waals surface area contributed by atoms with Gasteiger partial charge in [-0.3, -0.25) is 9.69 Å². The molecule has 0 unspecified atom stereocenters. The molecule has 0 aliphatic heterocycles. The number of nitrogens with zero attached hydrogens (tertiary/aromatic N) is 4. The van der Waals surface area contributed by atoms with Crippen LogP contribution in [0.15, 0.2) is 62.1 Å². The molecule has 4 rings (SSSR count). The van der Waals surface area contributed by atoms with Gasteiger partial charge in [0.25, 0.3) is 11.1 Å². The molecule has 0 aliphatic rings. The molecule has 1 aromatic carbocycles. The number of thiazole rings is 1. The zero-order valence-corrected chi connectivity index (χ0v) is 16.8. The third kappa shape index (κ3) is 3.85. The second-order valence-corrected chi connectivity index (χ2v) is 7.63. The summed E-state index contributed by atoms with van der Waals surface area (Å²) in [6.07, 6.45) is 1.59. The molecule has 9 heteroatoms. The Balaban J connectivity index is 1.46. The third-order valence-electron chi connectivity index (χ3n) is 3.90. The molecule has 0 saturated heterocycles. The van der Waals surface area contributed by atoms with Crippen LogP contribution in [-0.4, -0.2) is 21.1 Å². The van der Waals surface area contributed by atoms with Crippen LogP contribution in [-0.2, 0) is 10.5 Å². The third-order valence-corrected chi connectivity index (χ3v) is 5.63. The molecule has 0 fully saturated rings. The number of para-hydroxylation sites is 1. The second kappa shape index (κ2) is 7.99. The molecule has 142 valence electrons. The Bertz CT molecular complexity index is 1090. The molecule has 3 aromatic heterocycles. The van der Waals surface area contributed by atoms with Gasteiger partial charge in [0.2, 0.25) is 5.91 Å². The van der Waals surface area contributed by atoms with Gasteiger partial charge in [-0.05, 0) is 25.1 Å². The van der Waals surface area contributed by atoms with Crippen LogP contribution in [0.1, 0.15) is 18.4 Å². The summed E-state index contributed by atoms with van der Waals surface area (Å²) in [5.41, 5.74) is 2.42. The molecule has 4 aromatic rings. The number of aryl methyl sites for hydroxylation is 1. The molecule has 0 atom stereocenters. The van der Waals surface area contributed by atoms with E-state index in [1.165, 1.54) is 30.0 Å². The summed E-state index contributed by atoms with van der Waals surface area (Å²) in [4.78, 5) is 18.3. The van der Waals surface area contributed by atoms with Gasteiger partial charge in [-0.25, -0.2) is 4.98 Å². The van der Waals surface area contributed by atoms with Gasteiger partial charge >= 0.3 is 0 Å². The Morgan fingerprint density at radius 2 is 2.04 bits per heavy atom. The number of hydrogen-bond acceptors (Lipinski definition) is 8. The highest BCUT2D eigenvalue weighted by Gasteiger charge is 2.18. The lowest BCUT2D eigenvalue weighted by Gasteiger charge is -2.17. The van der Waals surface area contributed by atoms with Crippen molar-refractivity contribution in [1.29, 1.82) is 0 Å². The molecule has 0 saturated carbocycles. The van der Waals surface area contributed by atoms with Crippen LogP contribution < -0.4 is 4.90 Å². The average molecular weight is 412 g/mol. The van der Waals surface area contributed by atoms with Crippen molar-refractivity contribution in [2.24, 2.45) is 0 Å². The number of anilines is 2. The molecule has 0 bridgehead atoms. The molecule has 3 heterocycles. The Hall–Kier alpha value is -2.91. The predicted octanol–water partition coefficient (Wildman–Crippen LogP) is 5.07. The van der Waals surface area contributed by atoms with Crippen LogP contribution >= 0.6 is 23.1 Å². The first kappa shape index (κ1) is 18.5. The van der Waals surface area contributed by atoms with E-state index in [0.717, 1.165) is 22.7 Å². The Morgan fingerprint density at radius 1 is 1.21 bits per heavy atom. The lowest BCUT2D eigenvalue weighted by Crippen LogP contribution is -2.22. The first-order chi connectivity index (χ1) is 13.6. The number of benzene rings is 1. The average Bonchev–Trinajstić information content (AvgIpc) is 3.42. The van der Waals surface area contributed by atoms with Gasteiger partial charge in [0.05, 0.1) is 23.2 Å². The summed E-state index contributed by atoms with van der Waals surface area (Å²) in [7, 11) is 0. The molecule has 1 amide bonds. The van der Waals surface area contributed by atoms with Crippen molar-refractivity contribution in [2.75, 3.05) is 4.90 Å². The van der Waals surface area contributed by atoms with Crippen molar-refractivity contribution in [3.8, 4) is 11.5 Å². The molecular weight excluding hydrogens is 396 g/mol. The van der Waals surface area contributed by atoms with Gasteiger partial charge in [0.15, 0.2) is 5.13 Å². The molecule has 0 aliphatic carbocycles. The molecule has 0 radical (unpaired) electrons. The number of carbonyl (C=O) groups is 1. The van der Waals surface area contributed by atoms with E-state index in [1.54, 1.807) is 17.2 Å². The summed E-state index contributed by atoms with van der Waals surface area (Å²) in [5, 5.41) is 11.1. The summed E-state index contributed by atoms with van der Waals surface area (Å²) in [6.45, 7) is 3.37. The number of carbonyl (C=O) groups excluding carboxylic acids is 1. The number of thioether (sulfide) groups is 1. The van der Waals surface area contributed by atoms with E-state index in [2.05, 4.69) is 15.2 Å². The fraction of sp³-hybridized carbons (Fsp3) is 0.158. The van der Waals surface area contributed by atoms with Gasteiger partial charge in [0.1, 0.15) is 5.76 Å². The van der Waals surface area contributed by atoms with Crippen LogP contribution in [0.3, 0.4) is 0 Å². The maximum Gasteiger partial charge on any atom is 0.277 e. The van der Waals surface area contributed by atoms with Gasteiger partial charge in [-0.1, -0.05) is 30.0 Å². The lowest BCUT2D eigenvalue weighted by atomic mass is 10.3. The summed E-state index contributed by atoms with van der Waals surface area (Å²) >= 11 is 2.82. The smallest absolute Gasteiger partial charge is 0.277 e. The highest BCUT2D eigenvalue weighted by molar-refractivity contribution is 7.98. The standard InChI is InChI=1S/C19H16N4O3S2/c1-12-16(8-9-25-12)17-21-22-19(26-17)28-11-14-10-27-18(20-14)23(13(2)24)15-6-4-3-5-7-15/h3-10H,11H2,1-2H3. The van der Waals surface area contributed by atoms with E-state index < -0.39 is 0 Å². The Morgan fingerprint density at radius 3 is 2.75 bits per heavy atom. The number of amides is 1. The Labute approximate surface area is 169 Å². The van der Waals surface area contributed by atoms with Gasteiger partial charge < -0.3 is 8.83 Å². The number of hydrogen-bond donors (Lipinski definition) is 0. The minimum absolute atomic E-state index is 0.0863. The molecule has 7 nitrogen and oxygen atoms in total. The SMILES string of the molecule is CC(=O)N(c1ccccc1)c1nc(CSc2nnc(-c3ccoc3C)o2)cs1. The minimum Gasteiger partial charge on any atom is -0.469 e. The highest BCUT2D eigenvalue weighted by Crippen LogP contribution is 2.32. The van der Waals surface area contributed by atoms with Crippen LogP contribution in [0.2, 0.25) is 0 Å². The van der Waals surface area contributed by atoms with Crippen molar-refractivity contribution in [1.82, 2.24) is 15.2 Å². The van der Waals surface area contributed by atoms with E-state index in [1.807, 2.05) is 42.6 Å². The first-order valence-electron chi connectivity index (χ1n) is 8.42. The maximum absolute atomic E-state index is 12.1.